The van der Waals surface area contributed by atoms with E-state index in [0.717, 1.165) is 19.3 Å². The van der Waals surface area contributed by atoms with E-state index in [0.29, 0.717) is 24.4 Å². The zero-order chi connectivity index (χ0) is 39.2. The minimum absolute atomic E-state index is 0.106. The number of ether oxygens (including phenoxy) is 1. The highest BCUT2D eigenvalue weighted by Gasteiger charge is 2.60. The first kappa shape index (κ1) is 41.3. The number of carbonyl (C=O) groups is 7. The Morgan fingerprint density at radius 3 is 2.21 bits per heavy atom. The monoisotopic (exact) mass is 738 g/mol. The first-order chi connectivity index (χ1) is 24.9. The van der Waals surface area contributed by atoms with Gasteiger partial charge in [-0.1, -0.05) is 78.3 Å². The highest BCUT2D eigenvalue weighted by atomic mass is 16.5. The van der Waals surface area contributed by atoms with E-state index in [2.05, 4.69) is 21.3 Å². The fourth-order valence-corrected chi connectivity index (χ4v) is 8.15. The number of nitrogens with zero attached hydrogens (tertiary/aromatic N) is 2. The fraction of sp³-hybridized carbons (Fsp3) is 0.667. The van der Waals surface area contributed by atoms with Crippen LogP contribution in [0.3, 0.4) is 0 Å². The van der Waals surface area contributed by atoms with Gasteiger partial charge < -0.3 is 35.8 Å². The van der Waals surface area contributed by atoms with Crippen molar-refractivity contribution in [3.05, 3.63) is 35.9 Å². The summed E-state index contributed by atoms with van der Waals surface area (Å²) in [7, 11) is 3.13. The topological polar surface area (TPSA) is 183 Å². The quantitative estimate of drug-likeness (QED) is 0.198. The Morgan fingerprint density at radius 2 is 1.60 bits per heavy atom. The predicted molar refractivity (Wildman–Crippen MR) is 197 cm³/mol. The molecule has 6 amide bonds. The van der Waals surface area contributed by atoms with Gasteiger partial charge in [0.05, 0.1) is 19.2 Å². The summed E-state index contributed by atoms with van der Waals surface area (Å²) in [6, 6.07) is 4.61. The number of rotatable bonds is 15. The molecule has 1 saturated heterocycles. The van der Waals surface area contributed by atoms with Crippen molar-refractivity contribution in [2.24, 2.45) is 35.0 Å². The molecular weight excluding hydrogens is 680 g/mol. The average molecular weight is 739 g/mol. The van der Waals surface area contributed by atoms with Gasteiger partial charge in [0, 0.05) is 20.6 Å². The van der Waals surface area contributed by atoms with Crippen LogP contribution in [-0.2, 0) is 33.5 Å². The van der Waals surface area contributed by atoms with Crippen molar-refractivity contribution in [3.8, 4) is 0 Å². The van der Waals surface area contributed by atoms with Gasteiger partial charge in [-0.05, 0) is 66.3 Å². The van der Waals surface area contributed by atoms with Crippen LogP contribution in [0.25, 0.3) is 0 Å². The maximum atomic E-state index is 14.4. The summed E-state index contributed by atoms with van der Waals surface area (Å²) in [5.74, 6) is -3.18. The molecule has 3 aliphatic rings. The van der Waals surface area contributed by atoms with Crippen LogP contribution in [-0.4, -0.2) is 103 Å². The second-order valence-electron chi connectivity index (χ2n) is 16.5. The molecule has 4 N–H and O–H groups in total. The first-order valence-electron chi connectivity index (χ1n) is 18.9. The van der Waals surface area contributed by atoms with E-state index in [1.165, 1.54) is 4.90 Å². The van der Waals surface area contributed by atoms with Gasteiger partial charge in [-0.25, -0.2) is 4.79 Å². The molecule has 0 spiro atoms. The lowest BCUT2D eigenvalue weighted by atomic mass is 9.78. The Labute approximate surface area is 312 Å². The highest BCUT2D eigenvalue weighted by Crippen LogP contribution is 2.57. The molecule has 2 unspecified atom stereocenters. The van der Waals surface area contributed by atoms with Gasteiger partial charge in [0.2, 0.25) is 29.4 Å². The van der Waals surface area contributed by atoms with E-state index in [-0.39, 0.29) is 42.6 Å². The molecule has 2 aliphatic carbocycles. The number of amides is 6. The zero-order valence-electron chi connectivity index (χ0n) is 32.4. The van der Waals surface area contributed by atoms with Gasteiger partial charge >= 0.3 is 6.09 Å². The van der Waals surface area contributed by atoms with Crippen LogP contribution in [0.15, 0.2) is 30.3 Å². The van der Waals surface area contributed by atoms with Crippen LogP contribution in [0.5, 0.6) is 0 Å². The Hall–Kier alpha value is -4.49. The summed E-state index contributed by atoms with van der Waals surface area (Å²) in [5, 5.41) is 10.5. The molecule has 1 aromatic carbocycles. The third-order valence-electron chi connectivity index (χ3n) is 10.7. The molecule has 292 valence electrons. The Balaban J connectivity index is 1.47. The Morgan fingerprint density at radius 1 is 0.943 bits per heavy atom. The number of likely N-dealkylation sites (tertiary alicyclic amines) is 1. The van der Waals surface area contributed by atoms with Crippen LogP contribution >= 0.6 is 0 Å². The van der Waals surface area contributed by atoms with E-state index >= 15 is 0 Å². The smallest absolute Gasteiger partial charge is 0.407 e. The summed E-state index contributed by atoms with van der Waals surface area (Å²) < 4.78 is 5.34. The summed E-state index contributed by atoms with van der Waals surface area (Å²) in [4.78, 5) is 96.8. The molecule has 1 aromatic rings. The summed E-state index contributed by atoms with van der Waals surface area (Å²) in [6.07, 6.45) is 2.88. The molecule has 14 nitrogen and oxygen atoms in total. The fourth-order valence-electron chi connectivity index (χ4n) is 8.15. The third kappa shape index (κ3) is 9.94. The van der Waals surface area contributed by atoms with E-state index in [1.807, 2.05) is 41.5 Å². The second-order valence-corrected chi connectivity index (χ2v) is 16.5. The van der Waals surface area contributed by atoms with Gasteiger partial charge in [0.25, 0.3) is 5.91 Å². The normalized spacial score (nSPS) is 23.3. The van der Waals surface area contributed by atoms with Crippen LogP contribution in [0.2, 0.25) is 0 Å². The number of ketones is 1. The Kier molecular flexibility index (Phi) is 13.7. The lowest BCUT2D eigenvalue weighted by Gasteiger charge is -2.37. The number of fused-ring (bicyclic) bond motifs is 5. The van der Waals surface area contributed by atoms with E-state index in [1.54, 1.807) is 49.3 Å². The van der Waals surface area contributed by atoms with Crippen LogP contribution in [0.4, 0.5) is 4.79 Å². The molecule has 8 atom stereocenters. The number of alkyl carbamates (subject to hydrolysis) is 1. The number of Topliss-reactive ketones (excluding diaryl/α,β-unsaturated/α-hetero) is 1. The molecule has 14 heteroatoms. The largest absolute Gasteiger partial charge is 0.449 e. The van der Waals surface area contributed by atoms with Crippen LogP contribution in [0, 0.1) is 35.0 Å². The van der Waals surface area contributed by atoms with Gasteiger partial charge in [-0.15, -0.1) is 0 Å². The van der Waals surface area contributed by atoms with Crippen molar-refractivity contribution in [2.45, 2.75) is 97.8 Å². The first-order valence-corrected chi connectivity index (χ1v) is 18.9. The third-order valence-corrected chi connectivity index (χ3v) is 10.7. The molecule has 1 aliphatic heterocycles. The molecule has 3 fully saturated rings. The highest BCUT2D eigenvalue weighted by molar-refractivity contribution is 6.38. The van der Waals surface area contributed by atoms with E-state index in [4.69, 9.17) is 4.74 Å². The Bertz CT molecular complexity index is 1530. The van der Waals surface area contributed by atoms with Crippen LogP contribution < -0.4 is 21.3 Å². The van der Waals surface area contributed by atoms with Crippen molar-refractivity contribution in [1.29, 1.82) is 0 Å². The minimum atomic E-state index is -1.19. The maximum absolute atomic E-state index is 14.4. The van der Waals surface area contributed by atoms with Gasteiger partial charge in [0.1, 0.15) is 18.1 Å². The maximum Gasteiger partial charge on any atom is 0.407 e. The summed E-state index contributed by atoms with van der Waals surface area (Å²) >= 11 is 0. The summed E-state index contributed by atoms with van der Waals surface area (Å²) in [6.45, 7) is 11.1. The van der Waals surface area contributed by atoms with Gasteiger partial charge in [-0.2, -0.15) is 0 Å². The van der Waals surface area contributed by atoms with Crippen molar-refractivity contribution in [3.63, 3.8) is 0 Å². The molecule has 2 saturated carbocycles. The lowest BCUT2D eigenvalue weighted by molar-refractivity contribution is -0.145. The van der Waals surface area contributed by atoms with E-state index < -0.39 is 71.6 Å². The number of hydrogen-bond acceptors (Lipinski definition) is 8. The predicted octanol–water partition coefficient (Wildman–Crippen LogP) is 2.57. The SMILES string of the molecule is CCC[C@@H](NC(=O)[C@@H]1[C@@H]2C(CN1C(=O)[C@@H](NC(=O)OCC(C)C)C(C)(C)C)[C@H]1CC[C@@H]2C1)C(=O)C(=O)NCC(=O)NC(C(=O)N(C)C)c1ccccc1. The van der Waals surface area contributed by atoms with Crippen LogP contribution in [0.1, 0.15) is 85.3 Å². The standard InChI is InChI=1S/C39H58N6O8/c1-9-13-27(32(47)35(49)40-19-28(46)42-30(36(50)44(7)8)23-14-11-10-12-15-23)41-34(48)31-29-25-17-16-24(18-25)26(29)20-45(31)37(51)33(39(4,5)6)43-38(52)53-21-22(2)3/h10-12,14-15,22,24-27,29-31,33H,9,13,16-21H2,1-8H3,(H,40,49)(H,41,48)(H,42,46)(H,43,52)/t24-,25+,26?,27+,29-,30?,31-,33+/m0/s1. The molecule has 4 rings (SSSR count). The van der Waals surface area contributed by atoms with Crippen molar-refractivity contribution in [2.75, 3.05) is 33.8 Å². The number of likely N-dealkylation sites (N-methyl/N-ethyl adjacent to an activating group) is 1. The van der Waals surface area contributed by atoms with Crippen molar-refractivity contribution < 1.29 is 38.3 Å². The number of benzene rings is 1. The molecular formula is C39H58N6O8. The molecule has 0 aromatic heterocycles. The molecule has 2 bridgehead atoms. The summed E-state index contributed by atoms with van der Waals surface area (Å²) in [5.41, 5.74) is -0.155. The number of nitrogens with one attached hydrogen (secondary N) is 4. The van der Waals surface area contributed by atoms with Gasteiger partial charge in [0.15, 0.2) is 0 Å². The van der Waals surface area contributed by atoms with Crippen molar-refractivity contribution in [1.82, 2.24) is 31.1 Å². The van der Waals surface area contributed by atoms with E-state index in [9.17, 15) is 33.6 Å². The van der Waals surface area contributed by atoms with Gasteiger partial charge in [-0.3, -0.25) is 28.8 Å². The lowest BCUT2D eigenvalue weighted by Crippen LogP contribution is -2.60. The molecule has 53 heavy (non-hydrogen) atoms. The average Bonchev–Trinajstić information content (AvgIpc) is 3.83. The zero-order valence-corrected chi connectivity index (χ0v) is 32.4. The van der Waals surface area contributed by atoms with Crippen molar-refractivity contribution >= 4 is 41.4 Å². The minimum Gasteiger partial charge on any atom is -0.449 e. The molecule has 1 heterocycles. The number of hydrogen-bond donors (Lipinski definition) is 4. The second kappa shape index (κ2) is 17.6. The molecule has 0 radical (unpaired) electrons. The number of carbonyl (C=O) groups excluding carboxylic acids is 7.